The van der Waals surface area contributed by atoms with Gasteiger partial charge in [0.25, 0.3) is 0 Å². The van der Waals surface area contributed by atoms with Crippen LogP contribution >= 0.6 is 0 Å². The van der Waals surface area contributed by atoms with Crippen LogP contribution in [-0.2, 0) is 4.74 Å². The monoisotopic (exact) mass is 480 g/mol. The molecule has 1 saturated heterocycles. The second kappa shape index (κ2) is 9.47. The van der Waals surface area contributed by atoms with E-state index in [1.54, 1.807) is 6.33 Å². The Morgan fingerprint density at radius 1 is 0.917 bits per heavy atom. The molecule has 6 rings (SSSR count). The highest BCUT2D eigenvalue weighted by Crippen LogP contribution is 2.32. The van der Waals surface area contributed by atoms with Crippen LogP contribution in [-0.4, -0.2) is 45.8 Å². The molecule has 1 N–H and O–H groups in total. The highest BCUT2D eigenvalue weighted by molar-refractivity contribution is 5.89. The Morgan fingerprint density at radius 2 is 1.69 bits per heavy atom. The van der Waals surface area contributed by atoms with E-state index in [9.17, 15) is 0 Å². The summed E-state index contributed by atoms with van der Waals surface area (Å²) in [6, 6.07) is 22.9. The van der Waals surface area contributed by atoms with Crippen molar-refractivity contribution in [3.63, 3.8) is 0 Å². The van der Waals surface area contributed by atoms with Crippen molar-refractivity contribution in [2.45, 2.75) is 19.9 Å². The summed E-state index contributed by atoms with van der Waals surface area (Å²) in [5.74, 6) is 1.32. The van der Waals surface area contributed by atoms with E-state index in [0.29, 0.717) is 17.1 Å². The van der Waals surface area contributed by atoms with Crippen molar-refractivity contribution in [1.82, 2.24) is 19.5 Å². The zero-order valence-electron chi connectivity index (χ0n) is 20.4. The number of anilines is 3. The lowest BCUT2D eigenvalue weighted by Crippen LogP contribution is -2.36. The van der Waals surface area contributed by atoms with Gasteiger partial charge in [0.15, 0.2) is 17.0 Å². The van der Waals surface area contributed by atoms with Crippen molar-refractivity contribution in [2.24, 2.45) is 0 Å². The SMILES string of the molecule is CC(C)n1cnc2c(Nc3ccc(N4CCOCC4)cc3)nc(Oc3cccc4ccccc34)nc21. The molecule has 2 aromatic heterocycles. The van der Waals surface area contributed by atoms with E-state index in [1.165, 1.54) is 5.69 Å². The second-order valence-electron chi connectivity index (χ2n) is 9.12. The number of nitrogens with zero attached hydrogens (tertiary/aromatic N) is 5. The van der Waals surface area contributed by atoms with Crippen LogP contribution in [0, 0.1) is 0 Å². The number of benzene rings is 3. The highest BCUT2D eigenvalue weighted by atomic mass is 16.5. The zero-order chi connectivity index (χ0) is 24.5. The summed E-state index contributed by atoms with van der Waals surface area (Å²) in [7, 11) is 0. The van der Waals surface area contributed by atoms with E-state index in [1.807, 2.05) is 34.9 Å². The molecule has 182 valence electrons. The molecule has 0 saturated carbocycles. The molecule has 1 aliphatic rings. The van der Waals surface area contributed by atoms with E-state index in [0.717, 1.165) is 48.4 Å². The summed E-state index contributed by atoms with van der Waals surface area (Å²) >= 11 is 0. The maximum Gasteiger partial charge on any atom is 0.326 e. The Labute approximate surface area is 209 Å². The fraction of sp³-hybridized carbons (Fsp3) is 0.250. The van der Waals surface area contributed by atoms with Crippen LogP contribution in [0.3, 0.4) is 0 Å². The molecule has 0 bridgehead atoms. The molecule has 0 amide bonds. The normalized spacial score (nSPS) is 14.0. The minimum absolute atomic E-state index is 0.191. The number of morpholine rings is 1. The molecule has 0 atom stereocenters. The van der Waals surface area contributed by atoms with Crippen LogP contribution < -0.4 is 15.0 Å². The molecular formula is C28H28N6O2. The van der Waals surface area contributed by atoms with Crippen molar-refractivity contribution in [2.75, 3.05) is 36.5 Å². The average molecular weight is 481 g/mol. The van der Waals surface area contributed by atoms with Gasteiger partial charge in [-0.15, -0.1) is 0 Å². The number of hydrogen-bond acceptors (Lipinski definition) is 7. The maximum absolute atomic E-state index is 6.26. The summed E-state index contributed by atoms with van der Waals surface area (Å²) < 4.78 is 13.8. The molecule has 3 heterocycles. The fourth-order valence-electron chi connectivity index (χ4n) is 4.50. The summed E-state index contributed by atoms with van der Waals surface area (Å²) in [6.07, 6.45) is 1.80. The van der Waals surface area contributed by atoms with Gasteiger partial charge in [-0.2, -0.15) is 9.97 Å². The lowest BCUT2D eigenvalue weighted by molar-refractivity contribution is 0.122. The van der Waals surface area contributed by atoms with Gasteiger partial charge in [0.05, 0.1) is 19.5 Å². The lowest BCUT2D eigenvalue weighted by Gasteiger charge is -2.28. The third-order valence-electron chi connectivity index (χ3n) is 6.41. The molecule has 0 radical (unpaired) electrons. The van der Waals surface area contributed by atoms with E-state index in [-0.39, 0.29) is 12.1 Å². The van der Waals surface area contributed by atoms with Crippen LogP contribution in [0.4, 0.5) is 17.2 Å². The highest BCUT2D eigenvalue weighted by Gasteiger charge is 2.17. The molecule has 1 fully saturated rings. The van der Waals surface area contributed by atoms with Gasteiger partial charge in [-0.05, 0) is 49.6 Å². The smallest absolute Gasteiger partial charge is 0.326 e. The molecule has 0 aliphatic carbocycles. The van der Waals surface area contributed by atoms with Crippen LogP contribution in [0.2, 0.25) is 0 Å². The zero-order valence-corrected chi connectivity index (χ0v) is 20.4. The van der Waals surface area contributed by atoms with Gasteiger partial charge < -0.3 is 24.3 Å². The van der Waals surface area contributed by atoms with Gasteiger partial charge in [-0.25, -0.2) is 4.98 Å². The van der Waals surface area contributed by atoms with Gasteiger partial charge in [-0.1, -0.05) is 36.4 Å². The van der Waals surface area contributed by atoms with Crippen LogP contribution in [0.25, 0.3) is 21.9 Å². The topological polar surface area (TPSA) is 77.3 Å². The molecule has 3 aromatic carbocycles. The maximum atomic E-state index is 6.26. The summed E-state index contributed by atoms with van der Waals surface area (Å²) in [6.45, 7) is 7.54. The summed E-state index contributed by atoms with van der Waals surface area (Å²) in [4.78, 5) is 16.4. The second-order valence-corrected chi connectivity index (χ2v) is 9.12. The van der Waals surface area contributed by atoms with E-state index >= 15 is 0 Å². The molecule has 1 aliphatic heterocycles. The Morgan fingerprint density at radius 3 is 2.50 bits per heavy atom. The van der Waals surface area contributed by atoms with Crippen molar-refractivity contribution in [1.29, 1.82) is 0 Å². The van der Waals surface area contributed by atoms with Crippen molar-refractivity contribution in [3.05, 3.63) is 73.1 Å². The van der Waals surface area contributed by atoms with Crippen molar-refractivity contribution >= 4 is 39.1 Å². The van der Waals surface area contributed by atoms with Crippen molar-refractivity contribution < 1.29 is 9.47 Å². The number of fused-ring (bicyclic) bond motifs is 2. The molecular weight excluding hydrogens is 452 g/mol. The number of aromatic nitrogens is 4. The number of rotatable bonds is 6. The fourth-order valence-corrected chi connectivity index (χ4v) is 4.50. The van der Waals surface area contributed by atoms with Gasteiger partial charge in [-0.3, -0.25) is 0 Å². The first-order valence-electron chi connectivity index (χ1n) is 12.3. The largest absolute Gasteiger partial charge is 0.424 e. The first-order chi connectivity index (χ1) is 17.7. The first kappa shape index (κ1) is 22.3. The van der Waals surface area contributed by atoms with E-state index in [2.05, 4.69) is 65.4 Å². The number of ether oxygens (including phenoxy) is 2. The Balaban J connectivity index is 1.36. The lowest BCUT2D eigenvalue weighted by atomic mass is 10.1. The van der Waals surface area contributed by atoms with Gasteiger partial charge >= 0.3 is 6.01 Å². The van der Waals surface area contributed by atoms with Crippen LogP contribution in [0.1, 0.15) is 19.9 Å². The predicted octanol–water partition coefficient (Wildman–Crippen LogP) is 5.93. The number of imidazole rings is 1. The van der Waals surface area contributed by atoms with Gasteiger partial charge in [0.2, 0.25) is 0 Å². The minimum Gasteiger partial charge on any atom is -0.424 e. The van der Waals surface area contributed by atoms with E-state index < -0.39 is 0 Å². The molecule has 0 spiro atoms. The molecule has 36 heavy (non-hydrogen) atoms. The molecule has 8 nitrogen and oxygen atoms in total. The summed E-state index contributed by atoms with van der Waals surface area (Å²) in [5.41, 5.74) is 3.52. The summed E-state index contributed by atoms with van der Waals surface area (Å²) in [5, 5.41) is 5.55. The molecule has 0 unspecified atom stereocenters. The third kappa shape index (κ3) is 4.31. The third-order valence-corrected chi connectivity index (χ3v) is 6.41. The minimum atomic E-state index is 0.191. The average Bonchev–Trinajstić information content (AvgIpc) is 3.35. The van der Waals surface area contributed by atoms with Gasteiger partial charge in [0.1, 0.15) is 5.75 Å². The van der Waals surface area contributed by atoms with Crippen LogP contribution in [0.15, 0.2) is 73.1 Å². The Kier molecular flexibility index (Phi) is 5.87. The number of nitrogens with one attached hydrogen (secondary N) is 1. The molecule has 8 heteroatoms. The van der Waals surface area contributed by atoms with Gasteiger partial charge in [0, 0.05) is 35.9 Å². The Bertz CT molecular complexity index is 1500. The predicted molar refractivity (Wildman–Crippen MR) is 142 cm³/mol. The van der Waals surface area contributed by atoms with Crippen molar-refractivity contribution in [3.8, 4) is 11.8 Å². The standard InChI is InChI=1S/C28H28N6O2/c1-19(2)34-18-29-25-26(30-21-10-12-22(13-11-21)33-14-16-35-17-15-33)31-28(32-27(25)34)36-24-9-5-7-20-6-3-4-8-23(20)24/h3-13,18-19H,14-17H2,1-2H3,(H,30,31,32). The first-order valence-corrected chi connectivity index (χ1v) is 12.3. The number of hydrogen-bond donors (Lipinski definition) is 1. The quantitative estimate of drug-likeness (QED) is 0.323. The Hall–Kier alpha value is -4.17. The molecule has 5 aromatic rings. The van der Waals surface area contributed by atoms with E-state index in [4.69, 9.17) is 19.4 Å². The van der Waals surface area contributed by atoms with Crippen LogP contribution in [0.5, 0.6) is 11.8 Å².